The first-order chi connectivity index (χ1) is 9.22. The van der Waals surface area contributed by atoms with Gasteiger partial charge in [0.05, 0.1) is 19.6 Å². The van der Waals surface area contributed by atoms with E-state index in [-0.39, 0.29) is 6.04 Å². The molecule has 0 amide bonds. The van der Waals surface area contributed by atoms with Crippen LogP contribution in [0.5, 0.6) is 11.5 Å². The lowest BCUT2D eigenvalue weighted by Crippen LogP contribution is -2.29. The Morgan fingerprint density at radius 2 is 1.80 bits per heavy atom. The quantitative estimate of drug-likeness (QED) is 0.837. The molecule has 1 unspecified atom stereocenters. The van der Waals surface area contributed by atoms with Gasteiger partial charge in [0.15, 0.2) is 11.5 Å². The maximum Gasteiger partial charge on any atom is 0.309 e. The minimum absolute atomic E-state index is 0.346. The van der Waals surface area contributed by atoms with Crippen molar-refractivity contribution in [1.82, 2.24) is 0 Å². The van der Waals surface area contributed by atoms with Gasteiger partial charge in [-0.1, -0.05) is 0 Å². The molecule has 0 aromatic heterocycles. The van der Waals surface area contributed by atoms with Crippen molar-refractivity contribution >= 4 is 5.97 Å². The maximum absolute atomic E-state index is 11.2. The van der Waals surface area contributed by atoms with Crippen LogP contribution in [0.4, 0.5) is 0 Å². The van der Waals surface area contributed by atoms with E-state index in [4.69, 9.17) is 15.2 Å². The van der Waals surface area contributed by atoms with Crippen molar-refractivity contribution in [3.8, 4) is 11.5 Å². The molecule has 0 aliphatic heterocycles. The van der Waals surface area contributed by atoms with E-state index >= 15 is 0 Å². The molecule has 1 aromatic rings. The van der Waals surface area contributed by atoms with Crippen molar-refractivity contribution in [3.05, 3.63) is 23.3 Å². The highest BCUT2D eigenvalue weighted by molar-refractivity contribution is 5.73. The van der Waals surface area contributed by atoms with E-state index in [1.807, 2.05) is 19.1 Å². The molecule has 0 spiro atoms. The second-order valence-corrected chi connectivity index (χ2v) is 5.56. The van der Waals surface area contributed by atoms with E-state index < -0.39 is 11.4 Å². The molecule has 5 heteroatoms. The average molecular weight is 281 g/mol. The van der Waals surface area contributed by atoms with Crippen LogP contribution in [0.15, 0.2) is 12.1 Å². The van der Waals surface area contributed by atoms with Crippen LogP contribution in [-0.4, -0.2) is 25.3 Å². The summed E-state index contributed by atoms with van der Waals surface area (Å²) in [7, 11) is 3.13. The third kappa shape index (κ3) is 3.42. The Kier molecular flexibility index (Phi) is 5.00. The highest BCUT2D eigenvalue weighted by Gasteiger charge is 2.30. The molecule has 3 N–H and O–H groups in total. The normalized spacial score (nSPS) is 12.9. The van der Waals surface area contributed by atoms with Gasteiger partial charge < -0.3 is 20.3 Å². The number of hydrogen-bond acceptors (Lipinski definition) is 4. The van der Waals surface area contributed by atoms with E-state index in [1.165, 1.54) is 0 Å². The topological polar surface area (TPSA) is 81.8 Å². The second kappa shape index (κ2) is 6.13. The maximum atomic E-state index is 11.2. The lowest BCUT2D eigenvalue weighted by Gasteiger charge is -2.25. The van der Waals surface area contributed by atoms with Crippen LogP contribution < -0.4 is 15.2 Å². The summed E-state index contributed by atoms with van der Waals surface area (Å²) in [5.41, 5.74) is 7.13. The molecule has 5 nitrogen and oxygen atoms in total. The van der Waals surface area contributed by atoms with E-state index in [0.717, 1.165) is 11.1 Å². The molecule has 1 aromatic carbocycles. The van der Waals surface area contributed by atoms with E-state index in [9.17, 15) is 9.90 Å². The minimum atomic E-state index is -0.876. The number of carboxylic acid groups (broad SMARTS) is 1. The minimum Gasteiger partial charge on any atom is -0.493 e. The summed E-state index contributed by atoms with van der Waals surface area (Å²) in [4.78, 5) is 11.2. The average Bonchev–Trinajstić information content (AvgIpc) is 2.37. The molecule has 112 valence electrons. The highest BCUT2D eigenvalue weighted by Crippen LogP contribution is 2.36. The Morgan fingerprint density at radius 3 is 2.25 bits per heavy atom. The Morgan fingerprint density at radius 1 is 1.30 bits per heavy atom. The van der Waals surface area contributed by atoms with Gasteiger partial charge in [0.25, 0.3) is 0 Å². The Labute approximate surface area is 119 Å². The number of aryl methyl sites for hydroxylation is 1. The molecule has 0 bridgehead atoms. The second-order valence-electron chi connectivity index (χ2n) is 5.56. The van der Waals surface area contributed by atoms with Crippen molar-refractivity contribution in [2.24, 2.45) is 11.1 Å². The summed E-state index contributed by atoms with van der Waals surface area (Å²) in [6.07, 6.45) is 0.346. The van der Waals surface area contributed by atoms with Crippen LogP contribution in [-0.2, 0) is 4.79 Å². The molecule has 0 saturated heterocycles. The number of hydrogen-bond donors (Lipinski definition) is 2. The van der Waals surface area contributed by atoms with Crippen molar-refractivity contribution in [2.45, 2.75) is 33.2 Å². The van der Waals surface area contributed by atoms with Crippen LogP contribution in [0, 0.1) is 12.3 Å². The third-order valence-electron chi connectivity index (χ3n) is 3.48. The number of nitrogens with two attached hydrogens (primary N) is 1. The molecule has 0 fully saturated rings. The molecular weight excluding hydrogens is 258 g/mol. The zero-order chi connectivity index (χ0) is 15.5. The van der Waals surface area contributed by atoms with Crippen LogP contribution in [0.25, 0.3) is 0 Å². The summed E-state index contributed by atoms with van der Waals surface area (Å²) in [6.45, 7) is 5.27. The Hall–Kier alpha value is -1.75. The van der Waals surface area contributed by atoms with E-state index in [1.54, 1.807) is 28.1 Å². The van der Waals surface area contributed by atoms with Crippen LogP contribution in [0.3, 0.4) is 0 Å². The van der Waals surface area contributed by atoms with E-state index in [2.05, 4.69) is 0 Å². The molecule has 20 heavy (non-hydrogen) atoms. The molecule has 0 aliphatic carbocycles. The highest BCUT2D eigenvalue weighted by atomic mass is 16.5. The zero-order valence-corrected chi connectivity index (χ0v) is 12.7. The number of benzene rings is 1. The fourth-order valence-corrected chi connectivity index (χ4v) is 2.14. The third-order valence-corrected chi connectivity index (χ3v) is 3.48. The first kappa shape index (κ1) is 16.3. The lowest BCUT2D eigenvalue weighted by atomic mass is 9.83. The molecule has 1 rings (SSSR count). The van der Waals surface area contributed by atoms with Crippen molar-refractivity contribution in [3.63, 3.8) is 0 Å². The summed E-state index contributed by atoms with van der Waals surface area (Å²) < 4.78 is 10.5. The van der Waals surface area contributed by atoms with Gasteiger partial charge in [-0.2, -0.15) is 0 Å². The SMILES string of the molecule is COc1cc(C)c(C(N)CC(C)(C)C(=O)O)cc1OC. The van der Waals surface area contributed by atoms with Crippen LogP contribution >= 0.6 is 0 Å². The first-order valence-corrected chi connectivity index (χ1v) is 6.44. The molecular formula is C15H23NO4. The number of carbonyl (C=O) groups is 1. The van der Waals surface area contributed by atoms with Gasteiger partial charge in [-0.05, 0) is 50.5 Å². The van der Waals surface area contributed by atoms with Crippen LogP contribution in [0.2, 0.25) is 0 Å². The van der Waals surface area contributed by atoms with Crippen LogP contribution in [0.1, 0.15) is 37.4 Å². The van der Waals surface area contributed by atoms with Gasteiger partial charge in [-0.15, -0.1) is 0 Å². The summed E-state index contributed by atoms with van der Waals surface area (Å²) in [5.74, 6) is 0.376. The number of ether oxygens (including phenoxy) is 2. The standard InChI is InChI=1S/C15H23NO4/c1-9-6-12(19-4)13(20-5)7-10(9)11(16)8-15(2,3)14(17)18/h6-7,11H,8,16H2,1-5H3,(H,17,18). The van der Waals surface area contributed by atoms with Crippen molar-refractivity contribution in [1.29, 1.82) is 0 Å². The summed E-state index contributed by atoms with van der Waals surface area (Å²) in [5, 5.41) is 9.19. The predicted octanol–water partition coefficient (Wildman–Crippen LogP) is 2.51. The largest absolute Gasteiger partial charge is 0.493 e. The molecule has 0 heterocycles. The molecule has 0 aliphatic rings. The summed E-state index contributed by atoms with van der Waals surface area (Å²) >= 11 is 0. The molecule has 0 radical (unpaired) electrons. The Bertz CT molecular complexity index is 497. The predicted molar refractivity (Wildman–Crippen MR) is 77.2 cm³/mol. The van der Waals surface area contributed by atoms with Gasteiger partial charge in [-0.25, -0.2) is 0 Å². The summed E-state index contributed by atoms with van der Waals surface area (Å²) in [6, 6.07) is 3.29. The van der Waals surface area contributed by atoms with Gasteiger partial charge >= 0.3 is 5.97 Å². The smallest absolute Gasteiger partial charge is 0.309 e. The van der Waals surface area contributed by atoms with Gasteiger partial charge in [-0.3, -0.25) is 4.79 Å². The number of methoxy groups -OCH3 is 2. The monoisotopic (exact) mass is 281 g/mol. The van der Waals surface area contributed by atoms with Crippen molar-refractivity contribution in [2.75, 3.05) is 14.2 Å². The van der Waals surface area contributed by atoms with Gasteiger partial charge in [0.2, 0.25) is 0 Å². The van der Waals surface area contributed by atoms with E-state index in [0.29, 0.717) is 17.9 Å². The Balaban J connectivity index is 3.10. The number of rotatable bonds is 6. The first-order valence-electron chi connectivity index (χ1n) is 6.44. The molecule has 0 saturated carbocycles. The lowest BCUT2D eigenvalue weighted by molar-refractivity contribution is -0.147. The molecule has 1 atom stereocenters. The fourth-order valence-electron chi connectivity index (χ4n) is 2.14. The zero-order valence-electron chi connectivity index (χ0n) is 12.7. The number of aliphatic carboxylic acids is 1. The van der Waals surface area contributed by atoms with Gasteiger partial charge in [0.1, 0.15) is 0 Å². The van der Waals surface area contributed by atoms with Gasteiger partial charge in [0, 0.05) is 6.04 Å². The van der Waals surface area contributed by atoms with Crippen molar-refractivity contribution < 1.29 is 19.4 Å². The fraction of sp³-hybridized carbons (Fsp3) is 0.533. The number of carboxylic acids is 1.